The van der Waals surface area contributed by atoms with Crippen molar-refractivity contribution in [2.24, 2.45) is 0 Å². The number of likely N-dealkylation sites (tertiary alicyclic amines) is 1. The zero-order chi connectivity index (χ0) is 15.0. The minimum atomic E-state index is -0.366. The van der Waals surface area contributed by atoms with E-state index in [1.54, 1.807) is 23.1 Å². The average molecular weight is 308 g/mol. The third-order valence-corrected chi connectivity index (χ3v) is 4.31. The van der Waals surface area contributed by atoms with Gasteiger partial charge in [0, 0.05) is 18.2 Å². The van der Waals surface area contributed by atoms with Gasteiger partial charge in [0.1, 0.15) is 6.04 Å². The maximum Gasteiger partial charge on any atom is 0.254 e. The lowest BCUT2D eigenvalue weighted by molar-refractivity contribution is -0.125. The number of amides is 2. The van der Waals surface area contributed by atoms with Crippen molar-refractivity contribution < 1.29 is 9.59 Å². The van der Waals surface area contributed by atoms with Gasteiger partial charge in [0.15, 0.2) is 0 Å². The standard InChI is InChI=1S/C15H18ClN3O2/c16-11-8-9(3-6-12(11)17)15(21)19-7-1-2-13(19)14(20)18-10-4-5-10/h3,6,8,10,13H,1-2,4-5,7,17H2,(H,18,20). The highest BCUT2D eigenvalue weighted by molar-refractivity contribution is 6.33. The fourth-order valence-corrected chi connectivity index (χ4v) is 2.81. The van der Waals surface area contributed by atoms with Gasteiger partial charge in [0.05, 0.1) is 10.7 Å². The molecule has 1 heterocycles. The average Bonchev–Trinajstić information content (AvgIpc) is 3.14. The molecule has 2 amide bonds. The van der Waals surface area contributed by atoms with E-state index in [4.69, 9.17) is 17.3 Å². The van der Waals surface area contributed by atoms with Gasteiger partial charge in [-0.1, -0.05) is 11.6 Å². The molecule has 2 fully saturated rings. The van der Waals surface area contributed by atoms with Crippen LogP contribution in [0.3, 0.4) is 0 Å². The summed E-state index contributed by atoms with van der Waals surface area (Å²) in [6, 6.07) is 4.77. The van der Waals surface area contributed by atoms with Gasteiger partial charge in [-0.2, -0.15) is 0 Å². The fourth-order valence-electron chi connectivity index (χ4n) is 2.63. The van der Waals surface area contributed by atoms with E-state index in [2.05, 4.69) is 5.32 Å². The molecule has 3 N–H and O–H groups in total. The fraction of sp³-hybridized carbons (Fsp3) is 0.467. The molecule has 21 heavy (non-hydrogen) atoms. The molecule has 1 aliphatic heterocycles. The summed E-state index contributed by atoms with van der Waals surface area (Å²) in [6.07, 6.45) is 3.64. The molecule has 0 radical (unpaired) electrons. The summed E-state index contributed by atoms with van der Waals surface area (Å²) in [5.41, 5.74) is 6.57. The van der Waals surface area contributed by atoms with Gasteiger partial charge < -0.3 is 16.0 Å². The number of rotatable bonds is 3. The number of benzene rings is 1. The summed E-state index contributed by atoms with van der Waals surface area (Å²) in [7, 11) is 0. The molecule has 1 saturated heterocycles. The second kappa shape index (κ2) is 5.56. The zero-order valence-electron chi connectivity index (χ0n) is 11.6. The van der Waals surface area contributed by atoms with Crippen LogP contribution in [0.25, 0.3) is 0 Å². The van der Waals surface area contributed by atoms with Crippen LogP contribution < -0.4 is 11.1 Å². The lowest BCUT2D eigenvalue weighted by atomic mass is 10.1. The second-order valence-electron chi connectivity index (χ2n) is 5.68. The van der Waals surface area contributed by atoms with E-state index < -0.39 is 0 Å². The summed E-state index contributed by atoms with van der Waals surface area (Å²) in [5.74, 6) is -0.199. The van der Waals surface area contributed by atoms with E-state index in [9.17, 15) is 9.59 Å². The molecular weight excluding hydrogens is 290 g/mol. The lowest BCUT2D eigenvalue weighted by Crippen LogP contribution is -2.46. The van der Waals surface area contributed by atoms with E-state index in [-0.39, 0.29) is 17.9 Å². The molecule has 1 aliphatic carbocycles. The number of carbonyl (C=O) groups is 2. The van der Waals surface area contributed by atoms with Gasteiger partial charge in [-0.3, -0.25) is 9.59 Å². The molecule has 3 rings (SSSR count). The van der Waals surface area contributed by atoms with Crippen LogP contribution in [0.15, 0.2) is 18.2 Å². The molecule has 1 aromatic rings. The smallest absolute Gasteiger partial charge is 0.254 e. The molecule has 0 bridgehead atoms. The van der Waals surface area contributed by atoms with Gasteiger partial charge in [-0.15, -0.1) is 0 Å². The Hall–Kier alpha value is -1.75. The van der Waals surface area contributed by atoms with Crippen LogP contribution in [0.5, 0.6) is 0 Å². The molecule has 0 aromatic heterocycles. The van der Waals surface area contributed by atoms with E-state index in [1.807, 2.05) is 0 Å². The predicted octanol–water partition coefficient (Wildman–Crippen LogP) is 1.81. The lowest BCUT2D eigenvalue weighted by Gasteiger charge is -2.24. The largest absolute Gasteiger partial charge is 0.398 e. The number of nitrogens with two attached hydrogens (primary N) is 1. The molecule has 5 nitrogen and oxygen atoms in total. The molecule has 1 atom stereocenters. The Kier molecular flexibility index (Phi) is 3.76. The highest BCUT2D eigenvalue weighted by atomic mass is 35.5. The van der Waals surface area contributed by atoms with Gasteiger partial charge in [0.25, 0.3) is 5.91 Å². The normalized spacial score (nSPS) is 21.4. The van der Waals surface area contributed by atoms with Crippen molar-refractivity contribution in [3.8, 4) is 0 Å². The van der Waals surface area contributed by atoms with Crippen molar-refractivity contribution >= 4 is 29.1 Å². The maximum atomic E-state index is 12.6. The van der Waals surface area contributed by atoms with Crippen molar-refractivity contribution in [3.05, 3.63) is 28.8 Å². The minimum absolute atomic E-state index is 0.0371. The highest BCUT2D eigenvalue weighted by Gasteiger charge is 2.36. The SMILES string of the molecule is Nc1ccc(C(=O)N2CCCC2C(=O)NC2CC2)cc1Cl. The van der Waals surface area contributed by atoms with E-state index in [0.29, 0.717) is 35.3 Å². The van der Waals surface area contributed by atoms with Gasteiger partial charge in [0.2, 0.25) is 5.91 Å². The Balaban J connectivity index is 1.75. The van der Waals surface area contributed by atoms with Crippen LogP contribution in [-0.2, 0) is 4.79 Å². The van der Waals surface area contributed by atoms with Crippen LogP contribution in [0, 0.1) is 0 Å². The second-order valence-corrected chi connectivity index (χ2v) is 6.08. The summed E-state index contributed by atoms with van der Waals surface area (Å²) in [6.45, 7) is 0.601. The van der Waals surface area contributed by atoms with Crippen molar-refractivity contribution in [1.82, 2.24) is 10.2 Å². The molecule has 1 saturated carbocycles. The van der Waals surface area contributed by atoms with Crippen molar-refractivity contribution in [2.75, 3.05) is 12.3 Å². The summed E-state index contributed by atoms with van der Waals surface area (Å²) in [5, 5.41) is 3.33. The monoisotopic (exact) mass is 307 g/mol. The molecule has 2 aliphatic rings. The summed E-state index contributed by atoms with van der Waals surface area (Å²) < 4.78 is 0. The number of hydrogen-bond acceptors (Lipinski definition) is 3. The maximum absolute atomic E-state index is 12.6. The topological polar surface area (TPSA) is 75.4 Å². The number of anilines is 1. The van der Waals surface area contributed by atoms with Crippen molar-refractivity contribution in [1.29, 1.82) is 0 Å². The van der Waals surface area contributed by atoms with E-state index >= 15 is 0 Å². The van der Waals surface area contributed by atoms with E-state index in [1.165, 1.54) is 0 Å². The number of nitrogen functional groups attached to an aromatic ring is 1. The third-order valence-electron chi connectivity index (χ3n) is 3.99. The Bertz CT molecular complexity index is 586. The number of hydrogen-bond donors (Lipinski definition) is 2. The first-order valence-corrected chi connectivity index (χ1v) is 7.60. The quantitative estimate of drug-likeness (QED) is 0.836. The third kappa shape index (κ3) is 2.97. The molecule has 0 spiro atoms. The van der Waals surface area contributed by atoms with Crippen molar-refractivity contribution in [3.63, 3.8) is 0 Å². The van der Waals surface area contributed by atoms with Gasteiger partial charge >= 0.3 is 0 Å². The zero-order valence-corrected chi connectivity index (χ0v) is 12.4. The predicted molar refractivity (Wildman–Crippen MR) is 81.1 cm³/mol. The van der Waals surface area contributed by atoms with Crippen LogP contribution in [0.4, 0.5) is 5.69 Å². The first-order valence-electron chi connectivity index (χ1n) is 7.22. The molecule has 1 aromatic carbocycles. The molecular formula is C15H18ClN3O2. The van der Waals surface area contributed by atoms with Crippen LogP contribution in [0.1, 0.15) is 36.0 Å². The van der Waals surface area contributed by atoms with Crippen LogP contribution in [-0.4, -0.2) is 35.3 Å². The van der Waals surface area contributed by atoms with Crippen LogP contribution >= 0.6 is 11.6 Å². The Morgan fingerprint density at radius 3 is 2.71 bits per heavy atom. The number of carbonyl (C=O) groups excluding carboxylic acids is 2. The molecule has 1 unspecified atom stereocenters. The first-order chi connectivity index (χ1) is 10.1. The number of nitrogens with zero attached hydrogens (tertiary/aromatic N) is 1. The van der Waals surface area contributed by atoms with Gasteiger partial charge in [-0.05, 0) is 43.9 Å². The Morgan fingerprint density at radius 2 is 2.05 bits per heavy atom. The molecule has 112 valence electrons. The van der Waals surface area contributed by atoms with E-state index in [0.717, 1.165) is 19.3 Å². The number of halogens is 1. The Morgan fingerprint density at radius 1 is 1.29 bits per heavy atom. The Labute approximate surface area is 128 Å². The first kappa shape index (κ1) is 14.2. The summed E-state index contributed by atoms with van der Waals surface area (Å²) in [4.78, 5) is 26.4. The van der Waals surface area contributed by atoms with Gasteiger partial charge in [-0.25, -0.2) is 0 Å². The van der Waals surface area contributed by atoms with Crippen molar-refractivity contribution in [2.45, 2.75) is 37.8 Å². The highest BCUT2D eigenvalue weighted by Crippen LogP contribution is 2.25. The molecule has 6 heteroatoms. The number of nitrogens with one attached hydrogen (secondary N) is 1. The van der Waals surface area contributed by atoms with Crippen LogP contribution in [0.2, 0.25) is 5.02 Å². The summed E-state index contributed by atoms with van der Waals surface area (Å²) >= 11 is 5.97. The minimum Gasteiger partial charge on any atom is -0.398 e.